The van der Waals surface area contributed by atoms with Crippen LogP contribution in [0.2, 0.25) is 0 Å². The van der Waals surface area contributed by atoms with E-state index in [0.717, 1.165) is 36.3 Å². The lowest BCUT2D eigenvalue weighted by atomic mass is 9.83. The number of rotatable bonds is 4. The van der Waals surface area contributed by atoms with E-state index >= 15 is 0 Å². The van der Waals surface area contributed by atoms with E-state index in [-0.39, 0.29) is 0 Å². The normalized spacial score (nSPS) is 39.1. The highest BCUT2D eigenvalue weighted by Gasteiger charge is 2.24. The van der Waals surface area contributed by atoms with Crippen molar-refractivity contribution in [2.24, 2.45) is 5.92 Å². The summed E-state index contributed by atoms with van der Waals surface area (Å²) in [5.41, 5.74) is 0. The summed E-state index contributed by atoms with van der Waals surface area (Å²) in [5.74, 6) is 2.84. The zero-order chi connectivity index (χ0) is 12.1. The molecule has 2 rings (SSSR count). The summed E-state index contributed by atoms with van der Waals surface area (Å²) >= 11 is 0. The van der Waals surface area contributed by atoms with Crippen molar-refractivity contribution in [3.05, 3.63) is 0 Å². The first-order valence-corrected chi connectivity index (χ1v) is 8.87. The Morgan fingerprint density at radius 3 is 2.18 bits per heavy atom. The molecular formula is C14H27NOS. The number of hydrogen-bond acceptors (Lipinski definition) is 2. The van der Waals surface area contributed by atoms with E-state index in [9.17, 15) is 4.21 Å². The van der Waals surface area contributed by atoms with Crippen LogP contribution >= 0.6 is 0 Å². The molecule has 1 heterocycles. The number of hydrogen-bond donors (Lipinski definition) is 1. The minimum absolute atomic E-state index is 0.516. The highest BCUT2D eigenvalue weighted by molar-refractivity contribution is 7.85. The molecule has 0 aromatic heterocycles. The second kappa shape index (κ2) is 6.89. The zero-order valence-electron chi connectivity index (χ0n) is 11.1. The van der Waals surface area contributed by atoms with Gasteiger partial charge in [-0.05, 0) is 44.4 Å². The fourth-order valence-electron chi connectivity index (χ4n) is 3.32. The average molecular weight is 257 g/mol. The third-order valence-electron chi connectivity index (χ3n) is 4.40. The van der Waals surface area contributed by atoms with Crippen LogP contribution in [-0.4, -0.2) is 27.8 Å². The summed E-state index contributed by atoms with van der Waals surface area (Å²) in [4.78, 5) is 0. The van der Waals surface area contributed by atoms with E-state index in [1.807, 2.05) is 0 Å². The van der Waals surface area contributed by atoms with Crippen LogP contribution in [0.4, 0.5) is 0 Å². The predicted molar refractivity (Wildman–Crippen MR) is 74.7 cm³/mol. The summed E-state index contributed by atoms with van der Waals surface area (Å²) < 4.78 is 11.3. The smallest absolute Gasteiger partial charge is 0.0249 e. The van der Waals surface area contributed by atoms with Gasteiger partial charge in [0.05, 0.1) is 0 Å². The largest absolute Gasteiger partial charge is 0.311 e. The van der Waals surface area contributed by atoms with Gasteiger partial charge in [-0.1, -0.05) is 19.8 Å². The van der Waals surface area contributed by atoms with Gasteiger partial charge in [-0.15, -0.1) is 0 Å². The van der Waals surface area contributed by atoms with E-state index in [4.69, 9.17) is 0 Å². The van der Waals surface area contributed by atoms with Crippen LogP contribution in [0.1, 0.15) is 58.3 Å². The molecule has 0 amide bonds. The molecule has 1 aliphatic carbocycles. The predicted octanol–water partition coefficient (Wildman–Crippen LogP) is 2.85. The van der Waals surface area contributed by atoms with Crippen LogP contribution in [0, 0.1) is 5.92 Å². The molecule has 1 saturated carbocycles. The standard InChI is InChI=1S/C14H27NOS/c1-2-3-12-4-6-13(7-5-12)15-14-8-10-17(16)11-9-14/h12-15H,2-11H2,1H3. The van der Waals surface area contributed by atoms with Crippen LogP contribution in [0.5, 0.6) is 0 Å². The molecule has 1 saturated heterocycles. The first-order chi connectivity index (χ1) is 8.28. The van der Waals surface area contributed by atoms with Gasteiger partial charge < -0.3 is 5.32 Å². The van der Waals surface area contributed by atoms with E-state index in [2.05, 4.69) is 12.2 Å². The minimum atomic E-state index is -0.516. The van der Waals surface area contributed by atoms with Crippen molar-refractivity contribution in [1.82, 2.24) is 5.32 Å². The summed E-state index contributed by atoms with van der Waals surface area (Å²) in [5, 5.41) is 3.81. The summed E-state index contributed by atoms with van der Waals surface area (Å²) in [6, 6.07) is 1.40. The highest BCUT2D eigenvalue weighted by Crippen LogP contribution is 2.28. The molecule has 0 atom stereocenters. The lowest BCUT2D eigenvalue weighted by Crippen LogP contribution is -2.43. The Hall–Kier alpha value is 0.110. The zero-order valence-corrected chi connectivity index (χ0v) is 11.9. The van der Waals surface area contributed by atoms with Crippen molar-refractivity contribution in [3.8, 4) is 0 Å². The molecule has 1 N–H and O–H groups in total. The van der Waals surface area contributed by atoms with E-state index in [0.29, 0.717) is 6.04 Å². The molecule has 2 aliphatic rings. The van der Waals surface area contributed by atoms with Crippen molar-refractivity contribution < 1.29 is 4.21 Å². The van der Waals surface area contributed by atoms with Crippen molar-refractivity contribution in [2.75, 3.05) is 11.5 Å². The van der Waals surface area contributed by atoms with E-state index in [1.165, 1.54) is 38.5 Å². The molecule has 0 aromatic rings. The molecule has 0 radical (unpaired) electrons. The quantitative estimate of drug-likeness (QED) is 0.839. The first-order valence-electron chi connectivity index (χ1n) is 7.39. The Labute approximate surface area is 108 Å². The molecule has 2 fully saturated rings. The topological polar surface area (TPSA) is 29.1 Å². The van der Waals surface area contributed by atoms with Crippen LogP contribution in [0.3, 0.4) is 0 Å². The monoisotopic (exact) mass is 257 g/mol. The molecule has 1 aliphatic heterocycles. The number of nitrogens with one attached hydrogen (secondary N) is 1. The second-order valence-corrected chi connectivity index (χ2v) is 7.49. The van der Waals surface area contributed by atoms with E-state index < -0.39 is 10.8 Å². The van der Waals surface area contributed by atoms with Gasteiger partial charge in [0.15, 0.2) is 0 Å². The van der Waals surface area contributed by atoms with Gasteiger partial charge in [0.2, 0.25) is 0 Å². The maximum absolute atomic E-state index is 11.3. The Morgan fingerprint density at radius 1 is 1.00 bits per heavy atom. The van der Waals surface area contributed by atoms with Gasteiger partial charge in [0.1, 0.15) is 0 Å². The third-order valence-corrected chi connectivity index (χ3v) is 5.79. The fourth-order valence-corrected chi connectivity index (χ4v) is 4.62. The highest BCUT2D eigenvalue weighted by atomic mass is 32.2. The molecular weight excluding hydrogens is 230 g/mol. The van der Waals surface area contributed by atoms with Gasteiger partial charge in [-0.25, -0.2) is 0 Å². The molecule has 2 nitrogen and oxygen atoms in total. The van der Waals surface area contributed by atoms with Crippen molar-refractivity contribution in [2.45, 2.75) is 70.4 Å². The van der Waals surface area contributed by atoms with Gasteiger partial charge in [-0.3, -0.25) is 4.21 Å². The summed E-state index contributed by atoms with van der Waals surface area (Å²) in [6.07, 6.45) is 10.6. The van der Waals surface area contributed by atoms with Crippen molar-refractivity contribution in [3.63, 3.8) is 0 Å². The fraction of sp³-hybridized carbons (Fsp3) is 1.00. The lowest BCUT2D eigenvalue weighted by Gasteiger charge is -2.33. The van der Waals surface area contributed by atoms with Crippen molar-refractivity contribution in [1.29, 1.82) is 0 Å². The average Bonchev–Trinajstić information content (AvgIpc) is 2.35. The van der Waals surface area contributed by atoms with Gasteiger partial charge in [0.25, 0.3) is 0 Å². The molecule has 100 valence electrons. The molecule has 17 heavy (non-hydrogen) atoms. The maximum Gasteiger partial charge on any atom is 0.0249 e. The van der Waals surface area contributed by atoms with Crippen molar-refractivity contribution >= 4 is 10.8 Å². The minimum Gasteiger partial charge on any atom is -0.311 e. The first kappa shape index (κ1) is 13.5. The summed E-state index contributed by atoms with van der Waals surface area (Å²) in [6.45, 7) is 2.30. The van der Waals surface area contributed by atoms with Gasteiger partial charge in [-0.2, -0.15) is 0 Å². The lowest BCUT2D eigenvalue weighted by molar-refractivity contribution is 0.258. The Bertz CT molecular complexity index is 239. The van der Waals surface area contributed by atoms with Gasteiger partial charge in [0, 0.05) is 34.4 Å². The Balaban J connectivity index is 1.66. The SMILES string of the molecule is CCCC1CCC(NC2CCS(=O)CC2)CC1. The molecule has 0 unspecified atom stereocenters. The van der Waals surface area contributed by atoms with Crippen LogP contribution in [0.15, 0.2) is 0 Å². The third kappa shape index (κ3) is 4.36. The van der Waals surface area contributed by atoms with Crippen LogP contribution in [0.25, 0.3) is 0 Å². The molecule has 0 aromatic carbocycles. The maximum atomic E-state index is 11.3. The van der Waals surface area contributed by atoms with Crippen LogP contribution in [-0.2, 0) is 10.8 Å². The van der Waals surface area contributed by atoms with Gasteiger partial charge >= 0.3 is 0 Å². The molecule has 0 bridgehead atoms. The Kier molecular flexibility index (Phi) is 5.49. The van der Waals surface area contributed by atoms with E-state index in [1.54, 1.807) is 0 Å². The molecule has 3 heteroatoms. The van der Waals surface area contributed by atoms with Crippen LogP contribution < -0.4 is 5.32 Å². The second-order valence-electron chi connectivity index (χ2n) is 5.80. The molecule has 0 spiro atoms. The summed E-state index contributed by atoms with van der Waals surface area (Å²) in [7, 11) is -0.516. The Morgan fingerprint density at radius 2 is 1.59 bits per heavy atom.